The lowest BCUT2D eigenvalue weighted by atomic mass is 9.53. The van der Waals surface area contributed by atoms with Crippen molar-refractivity contribution in [3.63, 3.8) is 0 Å². The molecule has 0 aromatic rings. The van der Waals surface area contributed by atoms with Gasteiger partial charge in [-0.3, -0.25) is 28.8 Å². The van der Waals surface area contributed by atoms with Crippen molar-refractivity contribution in [2.24, 2.45) is 22.7 Å². The van der Waals surface area contributed by atoms with Crippen LogP contribution in [0, 0.1) is 22.7 Å². The Hall–Kier alpha value is -3.60. The highest BCUT2D eigenvalue weighted by Crippen LogP contribution is 2.64. The van der Waals surface area contributed by atoms with E-state index >= 15 is 0 Å². The average molecular weight is 615 g/mol. The third kappa shape index (κ3) is 5.90. The van der Waals surface area contributed by atoms with Gasteiger partial charge in [-0.25, -0.2) is 0 Å². The number of aliphatic hydroxyl groups is 1. The van der Waals surface area contributed by atoms with E-state index in [0.29, 0.717) is 25.7 Å². The van der Waals surface area contributed by atoms with Gasteiger partial charge in [-0.05, 0) is 68.1 Å². The second kappa shape index (κ2) is 12.8. The van der Waals surface area contributed by atoms with E-state index in [2.05, 4.69) is 0 Å². The van der Waals surface area contributed by atoms with Gasteiger partial charge in [0.25, 0.3) is 5.78 Å². The van der Waals surface area contributed by atoms with Crippen LogP contribution in [-0.2, 0) is 47.7 Å². The SMILES string of the molecule is CCC(=O)OC(OC(=O)CC)(OC(=O)CC)C(=O)[C@H]1CC[C@H]2C3=C(C(OC(=O)CCO)C[C@]12C)[C@@]1(C)C=CC(=O)C=C1CC3. The van der Waals surface area contributed by atoms with Crippen molar-refractivity contribution in [3.8, 4) is 0 Å². The smallest absolute Gasteiger partial charge is 0.458 e. The predicted octanol–water partition coefficient (Wildman–Crippen LogP) is 3.96. The summed E-state index contributed by atoms with van der Waals surface area (Å²) in [6, 6.07) is 0. The molecule has 0 radical (unpaired) electrons. The molecule has 4 rings (SSSR count). The molecule has 0 heterocycles. The molecule has 5 atom stereocenters. The summed E-state index contributed by atoms with van der Waals surface area (Å²) in [6.07, 6.45) is 5.71. The van der Waals surface area contributed by atoms with Crippen molar-refractivity contribution in [2.45, 2.75) is 104 Å². The normalized spacial score (nSPS) is 29.1. The van der Waals surface area contributed by atoms with Crippen molar-refractivity contribution in [1.82, 2.24) is 0 Å². The minimum absolute atomic E-state index is 0.108. The van der Waals surface area contributed by atoms with Gasteiger partial charge in [-0.1, -0.05) is 44.9 Å². The number of ether oxygens (including phenoxy) is 4. The van der Waals surface area contributed by atoms with Crippen molar-refractivity contribution >= 4 is 35.4 Å². The molecule has 4 aliphatic carbocycles. The van der Waals surface area contributed by atoms with Gasteiger partial charge in [0.15, 0.2) is 5.78 Å². The summed E-state index contributed by atoms with van der Waals surface area (Å²) >= 11 is 0. The van der Waals surface area contributed by atoms with Crippen LogP contribution >= 0.6 is 0 Å². The molecule has 1 fully saturated rings. The van der Waals surface area contributed by atoms with Crippen molar-refractivity contribution in [2.75, 3.05) is 6.61 Å². The first kappa shape index (κ1) is 33.3. The first-order chi connectivity index (χ1) is 20.8. The van der Waals surface area contributed by atoms with Gasteiger partial charge >= 0.3 is 29.9 Å². The van der Waals surface area contributed by atoms with E-state index in [1.165, 1.54) is 26.8 Å². The van der Waals surface area contributed by atoms with E-state index in [1.807, 2.05) is 19.9 Å². The highest BCUT2D eigenvalue weighted by Gasteiger charge is 2.64. The number of fused-ring (bicyclic) bond motifs is 4. The van der Waals surface area contributed by atoms with E-state index in [9.17, 15) is 33.9 Å². The zero-order valence-corrected chi connectivity index (χ0v) is 26.1. The predicted molar refractivity (Wildman–Crippen MR) is 154 cm³/mol. The maximum Gasteiger partial charge on any atom is 0.489 e. The van der Waals surface area contributed by atoms with Gasteiger partial charge in [-0.15, -0.1) is 0 Å². The number of hydrogen-bond donors (Lipinski definition) is 1. The number of carbonyl (C=O) groups excluding carboxylic acids is 6. The van der Waals surface area contributed by atoms with Crippen LogP contribution in [0.1, 0.15) is 92.4 Å². The molecule has 240 valence electrons. The second-order valence-corrected chi connectivity index (χ2v) is 12.3. The Morgan fingerprint density at radius 3 is 2.05 bits per heavy atom. The molecule has 0 spiro atoms. The Kier molecular flexibility index (Phi) is 9.68. The summed E-state index contributed by atoms with van der Waals surface area (Å²) in [4.78, 5) is 77.4. The van der Waals surface area contributed by atoms with Crippen molar-refractivity contribution in [1.29, 1.82) is 0 Å². The number of hydrogen-bond acceptors (Lipinski definition) is 11. The molecule has 0 aromatic heterocycles. The molecule has 44 heavy (non-hydrogen) atoms. The molecule has 0 aromatic carbocycles. The number of carbonyl (C=O) groups is 6. The van der Waals surface area contributed by atoms with E-state index in [-0.39, 0.29) is 43.8 Å². The Labute approximate surface area is 257 Å². The fourth-order valence-electron chi connectivity index (χ4n) is 7.49. The third-order valence-electron chi connectivity index (χ3n) is 9.66. The van der Waals surface area contributed by atoms with Gasteiger partial charge in [0.1, 0.15) is 6.10 Å². The van der Waals surface area contributed by atoms with E-state index < -0.39 is 65.1 Å². The van der Waals surface area contributed by atoms with Crippen LogP contribution in [0.15, 0.2) is 34.9 Å². The number of aliphatic hydroxyl groups excluding tert-OH is 1. The third-order valence-corrected chi connectivity index (χ3v) is 9.66. The first-order valence-corrected chi connectivity index (χ1v) is 15.5. The molecule has 11 heteroatoms. The fraction of sp³-hybridized carbons (Fsp3) is 0.636. The number of esters is 4. The van der Waals surface area contributed by atoms with Crippen LogP contribution in [0.5, 0.6) is 0 Å². The molecule has 0 amide bonds. The Morgan fingerprint density at radius 1 is 0.909 bits per heavy atom. The van der Waals surface area contributed by atoms with Gasteiger partial charge in [-0.2, -0.15) is 0 Å². The maximum atomic E-state index is 14.6. The van der Waals surface area contributed by atoms with Crippen molar-refractivity contribution < 1.29 is 52.8 Å². The largest absolute Gasteiger partial charge is 0.489 e. The molecule has 11 nitrogen and oxygen atoms in total. The van der Waals surface area contributed by atoms with E-state index in [0.717, 1.165) is 16.7 Å². The minimum Gasteiger partial charge on any atom is -0.458 e. The molecule has 0 aliphatic heterocycles. The molecule has 1 saturated carbocycles. The lowest BCUT2D eigenvalue weighted by Crippen LogP contribution is -2.56. The van der Waals surface area contributed by atoms with Crippen LogP contribution < -0.4 is 0 Å². The van der Waals surface area contributed by atoms with Crippen LogP contribution in [-0.4, -0.2) is 59.2 Å². The summed E-state index contributed by atoms with van der Waals surface area (Å²) in [7, 11) is 0. The lowest BCUT2D eigenvalue weighted by Gasteiger charge is -2.52. The van der Waals surface area contributed by atoms with Crippen LogP contribution in [0.3, 0.4) is 0 Å². The minimum atomic E-state index is -2.89. The second-order valence-electron chi connectivity index (χ2n) is 12.3. The summed E-state index contributed by atoms with van der Waals surface area (Å²) in [5.74, 6) is -8.22. The summed E-state index contributed by atoms with van der Waals surface area (Å²) < 4.78 is 22.2. The highest BCUT2D eigenvalue weighted by atomic mass is 16.9. The van der Waals surface area contributed by atoms with Gasteiger partial charge in [0.05, 0.1) is 13.0 Å². The molecular weight excluding hydrogens is 572 g/mol. The van der Waals surface area contributed by atoms with Gasteiger partial charge < -0.3 is 24.1 Å². The molecule has 0 saturated heterocycles. The quantitative estimate of drug-likeness (QED) is 0.204. The number of allylic oxidation sites excluding steroid dienone is 5. The number of ketones is 2. The highest BCUT2D eigenvalue weighted by molar-refractivity contribution is 6.01. The average Bonchev–Trinajstić information content (AvgIpc) is 3.32. The Bertz CT molecular complexity index is 1290. The maximum absolute atomic E-state index is 14.6. The lowest BCUT2D eigenvalue weighted by molar-refractivity contribution is -0.313. The molecule has 4 aliphatic rings. The fourth-order valence-corrected chi connectivity index (χ4v) is 7.49. The van der Waals surface area contributed by atoms with Crippen LogP contribution in [0.4, 0.5) is 0 Å². The zero-order chi connectivity index (χ0) is 32.4. The summed E-state index contributed by atoms with van der Waals surface area (Å²) in [5.41, 5.74) is 1.26. The molecule has 0 bridgehead atoms. The Balaban J connectivity index is 1.83. The Morgan fingerprint density at radius 2 is 1.50 bits per heavy atom. The summed E-state index contributed by atoms with van der Waals surface area (Å²) in [6.45, 7) is 7.97. The van der Waals surface area contributed by atoms with E-state index in [4.69, 9.17) is 18.9 Å². The topological polar surface area (TPSA) is 160 Å². The van der Waals surface area contributed by atoms with Crippen LogP contribution in [0.2, 0.25) is 0 Å². The standard InChI is InChI=1S/C33H42O11/c1-6-25(36)42-33(43-26(37)7-2,44-27(38)8-3)30(40)23-12-11-22-21-10-9-19-17-20(35)13-15-31(19,4)29(21)24(18-32(22,23)5)41-28(39)14-16-34/h13,15,17,22-24,34H,6-12,14,16,18H2,1-5H3/t22-,23+,24?,31-,32-/m0/s1. The van der Waals surface area contributed by atoms with Crippen LogP contribution in [0.25, 0.3) is 0 Å². The molecule has 1 unspecified atom stereocenters. The molecule has 1 N–H and O–H groups in total. The molecular formula is C33H42O11. The number of Topliss-reactive ketones (excluding diaryl/α,β-unsaturated/α-hetero) is 1. The summed E-state index contributed by atoms with van der Waals surface area (Å²) in [5, 5.41) is 9.41. The first-order valence-electron chi connectivity index (χ1n) is 15.5. The van der Waals surface area contributed by atoms with Gasteiger partial charge in [0.2, 0.25) is 0 Å². The van der Waals surface area contributed by atoms with E-state index in [1.54, 1.807) is 6.08 Å². The zero-order valence-electron chi connectivity index (χ0n) is 26.1. The number of rotatable bonds is 11. The monoisotopic (exact) mass is 614 g/mol. The van der Waals surface area contributed by atoms with Crippen molar-refractivity contribution in [3.05, 3.63) is 34.9 Å². The van der Waals surface area contributed by atoms with Gasteiger partial charge in [0, 0.05) is 30.6 Å².